The van der Waals surface area contributed by atoms with Crippen LogP contribution in [0, 0.1) is 11.3 Å². The third-order valence-electron chi connectivity index (χ3n) is 4.72. The van der Waals surface area contributed by atoms with Crippen LogP contribution in [-0.4, -0.2) is 34.2 Å². The fourth-order valence-electron chi connectivity index (χ4n) is 3.33. The van der Waals surface area contributed by atoms with Crippen LogP contribution in [0.3, 0.4) is 0 Å². The van der Waals surface area contributed by atoms with E-state index in [0.29, 0.717) is 0 Å². The number of hydrogen-bond acceptors (Lipinski definition) is 4. The van der Waals surface area contributed by atoms with E-state index < -0.39 is 0 Å². The van der Waals surface area contributed by atoms with Gasteiger partial charge in [0.05, 0.1) is 24.3 Å². The van der Waals surface area contributed by atoms with Crippen molar-refractivity contribution >= 4 is 0 Å². The van der Waals surface area contributed by atoms with Gasteiger partial charge < -0.3 is 9.30 Å². The topological polar surface area (TPSA) is 54.1 Å². The summed E-state index contributed by atoms with van der Waals surface area (Å²) in [4.78, 5) is 7.05. The molecule has 1 aliphatic heterocycles. The highest BCUT2D eigenvalue weighted by molar-refractivity contribution is 5.37. The Labute approximate surface area is 143 Å². The van der Waals surface area contributed by atoms with Gasteiger partial charge in [0.15, 0.2) is 0 Å². The molecule has 1 aromatic carbocycles. The van der Waals surface area contributed by atoms with Gasteiger partial charge in [-0.1, -0.05) is 18.2 Å². The lowest BCUT2D eigenvalue weighted by Crippen LogP contribution is -2.37. The molecule has 1 atom stereocenters. The van der Waals surface area contributed by atoms with Gasteiger partial charge in [-0.25, -0.2) is 4.98 Å². The predicted molar refractivity (Wildman–Crippen MR) is 92.4 cm³/mol. The Kier molecular flexibility index (Phi) is 5.29. The molecule has 1 aromatic heterocycles. The molecule has 0 unspecified atom stereocenters. The summed E-state index contributed by atoms with van der Waals surface area (Å²) in [7, 11) is 0. The fraction of sp³-hybridized carbons (Fsp3) is 0.474. The van der Waals surface area contributed by atoms with Crippen molar-refractivity contribution in [2.75, 3.05) is 19.8 Å². The number of hydrogen-bond donors (Lipinski definition) is 0. The lowest BCUT2D eigenvalue weighted by atomic mass is 10.1. The number of fused-ring (bicyclic) bond motifs is 1. The smallest absolute Gasteiger partial charge is 0.126 e. The van der Waals surface area contributed by atoms with Gasteiger partial charge in [0.25, 0.3) is 0 Å². The number of rotatable bonds is 6. The summed E-state index contributed by atoms with van der Waals surface area (Å²) in [5.41, 5.74) is 3.10. The monoisotopic (exact) mass is 324 g/mol. The molecule has 5 heteroatoms. The van der Waals surface area contributed by atoms with Crippen LogP contribution in [0.25, 0.3) is 0 Å². The van der Waals surface area contributed by atoms with E-state index in [0.717, 1.165) is 56.2 Å². The van der Waals surface area contributed by atoms with Crippen molar-refractivity contribution in [2.24, 2.45) is 0 Å². The molecule has 0 bridgehead atoms. The van der Waals surface area contributed by atoms with Crippen LogP contribution < -0.4 is 0 Å². The molecule has 0 spiro atoms. The standard InChI is InChI=1S/C19H24N4O/c1-3-24-11-8-18-13-21-19-15(2)22(9-10-23(18)19)14-17-7-5-4-6-16(17)12-20/h4-7,13,15H,3,8-11,14H2,1-2H3/t15-/m0/s1. The molecule has 3 rings (SSSR count). The number of ether oxygens (including phenoxy) is 1. The molecule has 0 saturated carbocycles. The third-order valence-corrected chi connectivity index (χ3v) is 4.72. The maximum absolute atomic E-state index is 9.28. The highest BCUT2D eigenvalue weighted by Crippen LogP contribution is 2.27. The molecule has 24 heavy (non-hydrogen) atoms. The summed E-state index contributed by atoms with van der Waals surface area (Å²) >= 11 is 0. The van der Waals surface area contributed by atoms with Crippen LogP contribution in [0.15, 0.2) is 30.5 Å². The first-order valence-corrected chi connectivity index (χ1v) is 8.58. The maximum Gasteiger partial charge on any atom is 0.126 e. The number of nitriles is 1. The predicted octanol–water partition coefficient (Wildman–Crippen LogP) is 2.91. The lowest BCUT2D eigenvalue weighted by molar-refractivity contribution is 0.142. The molecule has 0 fully saturated rings. The molecular weight excluding hydrogens is 300 g/mol. The third kappa shape index (κ3) is 3.35. The minimum Gasteiger partial charge on any atom is -0.381 e. The molecule has 2 aromatic rings. The van der Waals surface area contributed by atoms with E-state index >= 15 is 0 Å². The van der Waals surface area contributed by atoms with E-state index in [1.807, 2.05) is 37.4 Å². The quantitative estimate of drug-likeness (QED) is 0.767. The van der Waals surface area contributed by atoms with Crippen molar-refractivity contribution in [3.63, 3.8) is 0 Å². The minimum atomic E-state index is 0.242. The van der Waals surface area contributed by atoms with Gasteiger partial charge >= 0.3 is 0 Å². The normalized spacial score (nSPS) is 17.5. The van der Waals surface area contributed by atoms with E-state index in [-0.39, 0.29) is 6.04 Å². The first kappa shape index (κ1) is 16.7. The lowest BCUT2D eigenvalue weighted by Gasteiger charge is -2.34. The van der Waals surface area contributed by atoms with Crippen molar-refractivity contribution in [3.8, 4) is 6.07 Å². The van der Waals surface area contributed by atoms with Crippen molar-refractivity contribution in [1.82, 2.24) is 14.5 Å². The van der Waals surface area contributed by atoms with Crippen molar-refractivity contribution < 1.29 is 4.74 Å². The summed E-state index contributed by atoms with van der Waals surface area (Å²) < 4.78 is 7.80. The number of benzene rings is 1. The molecule has 0 N–H and O–H groups in total. The summed E-state index contributed by atoms with van der Waals surface area (Å²) in [5, 5.41) is 9.28. The van der Waals surface area contributed by atoms with Gasteiger partial charge in [0, 0.05) is 44.6 Å². The molecular formula is C19H24N4O. The molecule has 0 radical (unpaired) electrons. The van der Waals surface area contributed by atoms with Crippen LogP contribution in [0.1, 0.15) is 42.5 Å². The Bertz CT molecular complexity index is 731. The zero-order valence-corrected chi connectivity index (χ0v) is 14.4. The van der Waals surface area contributed by atoms with Crippen LogP contribution >= 0.6 is 0 Å². The van der Waals surface area contributed by atoms with E-state index in [4.69, 9.17) is 4.74 Å². The Morgan fingerprint density at radius 3 is 2.96 bits per heavy atom. The second-order valence-corrected chi connectivity index (χ2v) is 6.12. The Morgan fingerprint density at radius 2 is 2.17 bits per heavy atom. The fourth-order valence-corrected chi connectivity index (χ4v) is 3.33. The zero-order valence-electron chi connectivity index (χ0n) is 14.4. The van der Waals surface area contributed by atoms with Crippen LogP contribution in [0.2, 0.25) is 0 Å². The van der Waals surface area contributed by atoms with Gasteiger partial charge in [-0.2, -0.15) is 5.26 Å². The average molecular weight is 324 g/mol. The SMILES string of the molecule is CCOCCc1cnc2n1CCN(Cc1ccccc1C#N)[C@H]2C. The summed E-state index contributed by atoms with van der Waals surface area (Å²) in [6, 6.07) is 10.4. The highest BCUT2D eigenvalue weighted by atomic mass is 16.5. The molecule has 0 amide bonds. The second kappa shape index (κ2) is 7.61. The number of imidazole rings is 1. The van der Waals surface area contributed by atoms with Crippen LogP contribution in [0.5, 0.6) is 0 Å². The molecule has 5 nitrogen and oxygen atoms in total. The van der Waals surface area contributed by atoms with Crippen LogP contribution in [-0.2, 0) is 24.2 Å². The first-order valence-electron chi connectivity index (χ1n) is 8.58. The Hall–Kier alpha value is -2.16. The summed E-state index contributed by atoms with van der Waals surface area (Å²) in [6.07, 6.45) is 2.89. The zero-order chi connectivity index (χ0) is 16.9. The largest absolute Gasteiger partial charge is 0.381 e. The van der Waals surface area contributed by atoms with Crippen LogP contribution in [0.4, 0.5) is 0 Å². The van der Waals surface area contributed by atoms with E-state index in [9.17, 15) is 5.26 Å². The average Bonchev–Trinajstić information content (AvgIpc) is 3.02. The van der Waals surface area contributed by atoms with Gasteiger partial charge in [-0.3, -0.25) is 4.90 Å². The molecule has 0 saturated heterocycles. The maximum atomic E-state index is 9.28. The molecule has 2 heterocycles. The molecule has 1 aliphatic rings. The van der Waals surface area contributed by atoms with E-state index in [1.165, 1.54) is 5.69 Å². The van der Waals surface area contributed by atoms with E-state index in [2.05, 4.69) is 27.4 Å². The molecule has 0 aliphatic carbocycles. The number of nitrogens with zero attached hydrogens (tertiary/aromatic N) is 4. The van der Waals surface area contributed by atoms with Gasteiger partial charge in [-0.05, 0) is 25.5 Å². The second-order valence-electron chi connectivity index (χ2n) is 6.12. The molecule has 126 valence electrons. The van der Waals surface area contributed by atoms with Crippen molar-refractivity contribution in [1.29, 1.82) is 5.26 Å². The van der Waals surface area contributed by atoms with Crippen molar-refractivity contribution in [2.45, 2.75) is 39.4 Å². The summed E-state index contributed by atoms with van der Waals surface area (Å²) in [6.45, 7) is 8.40. The van der Waals surface area contributed by atoms with Crippen molar-refractivity contribution in [3.05, 3.63) is 53.1 Å². The van der Waals surface area contributed by atoms with E-state index in [1.54, 1.807) is 0 Å². The Morgan fingerprint density at radius 1 is 1.33 bits per heavy atom. The van der Waals surface area contributed by atoms with Gasteiger partial charge in [-0.15, -0.1) is 0 Å². The van der Waals surface area contributed by atoms with Gasteiger partial charge in [0.2, 0.25) is 0 Å². The Balaban J connectivity index is 1.73. The highest BCUT2D eigenvalue weighted by Gasteiger charge is 2.27. The minimum absolute atomic E-state index is 0.242. The number of aromatic nitrogens is 2. The summed E-state index contributed by atoms with van der Waals surface area (Å²) in [5.74, 6) is 1.11. The van der Waals surface area contributed by atoms with Gasteiger partial charge in [0.1, 0.15) is 5.82 Å². The first-order chi connectivity index (χ1) is 11.7.